The summed E-state index contributed by atoms with van der Waals surface area (Å²) in [5.74, 6) is 0.662. The molecule has 4 nitrogen and oxygen atoms in total. The number of carbonyl (C=O) groups excluding carboxylic acids is 2. The van der Waals surface area contributed by atoms with Gasteiger partial charge in [-0.2, -0.15) is 12.6 Å². The molecular formula is C13H22N2O2S. The largest absolute Gasteiger partial charge is 0.325 e. The number of nitrogens with one attached hydrogen (secondary N) is 1. The van der Waals surface area contributed by atoms with Gasteiger partial charge in [-0.15, -0.1) is 0 Å². The van der Waals surface area contributed by atoms with E-state index in [9.17, 15) is 9.59 Å². The van der Waals surface area contributed by atoms with Crippen LogP contribution < -0.4 is 5.32 Å². The molecule has 0 aromatic heterocycles. The van der Waals surface area contributed by atoms with Gasteiger partial charge in [0.2, 0.25) is 0 Å². The summed E-state index contributed by atoms with van der Waals surface area (Å²) < 4.78 is 0. The summed E-state index contributed by atoms with van der Waals surface area (Å²) in [5.41, 5.74) is -0.678. The van der Waals surface area contributed by atoms with Crippen LogP contribution in [0.2, 0.25) is 0 Å². The van der Waals surface area contributed by atoms with Gasteiger partial charge in [0, 0.05) is 6.54 Å². The number of imide groups is 1. The van der Waals surface area contributed by atoms with Crippen LogP contribution in [0.1, 0.15) is 46.0 Å². The molecule has 1 aliphatic carbocycles. The predicted molar refractivity (Wildman–Crippen MR) is 73.7 cm³/mol. The first-order chi connectivity index (χ1) is 8.46. The zero-order chi connectivity index (χ0) is 13.4. The maximum Gasteiger partial charge on any atom is 0.325 e. The summed E-state index contributed by atoms with van der Waals surface area (Å²) in [6.07, 6.45) is 5.11. The molecule has 0 radical (unpaired) electrons. The average molecular weight is 270 g/mol. The topological polar surface area (TPSA) is 49.4 Å². The highest BCUT2D eigenvalue weighted by molar-refractivity contribution is 7.80. The van der Waals surface area contributed by atoms with Crippen LogP contribution in [-0.2, 0) is 4.79 Å². The number of carbonyl (C=O) groups is 2. The van der Waals surface area contributed by atoms with Crippen molar-refractivity contribution < 1.29 is 9.59 Å². The molecule has 5 heteroatoms. The monoisotopic (exact) mass is 270 g/mol. The summed E-state index contributed by atoms with van der Waals surface area (Å²) in [7, 11) is 0. The van der Waals surface area contributed by atoms with Gasteiger partial charge in [0.1, 0.15) is 5.54 Å². The van der Waals surface area contributed by atoms with E-state index < -0.39 is 5.54 Å². The van der Waals surface area contributed by atoms with Crippen molar-refractivity contribution in [3.63, 3.8) is 0 Å². The SMILES string of the molecule is CCC1(C)NC(=O)N(CC2(CS)CCCC2)C1=O. The lowest BCUT2D eigenvalue weighted by molar-refractivity contribution is -0.131. The van der Waals surface area contributed by atoms with Crippen LogP contribution >= 0.6 is 12.6 Å². The van der Waals surface area contributed by atoms with Gasteiger partial charge in [0.05, 0.1) is 0 Å². The average Bonchev–Trinajstić information content (AvgIpc) is 2.90. The van der Waals surface area contributed by atoms with Crippen LogP contribution in [0.4, 0.5) is 4.79 Å². The Morgan fingerprint density at radius 1 is 1.33 bits per heavy atom. The number of hydrogen-bond donors (Lipinski definition) is 2. The number of urea groups is 1. The van der Waals surface area contributed by atoms with Gasteiger partial charge >= 0.3 is 6.03 Å². The zero-order valence-corrected chi connectivity index (χ0v) is 12.1. The summed E-state index contributed by atoms with van der Waals surface area (Å²) in [5, 5.41) is 2.81. The van der Waals surface area contributed by atoms with Crippen LogP contribution in [0.5, 0.6) is 0 Å². The second kappa shape index (κ2) is 4.76. The molecule has 1 unspecified atom stereocenters. The summed E-state index contributed by atoms with van der Waals surface area (Å²) in [6.45, 7) is 4.25. The van der Waals surface area contributed by atoms with Gasteiger partial charge in [-0.1, -0.05) is 19.8 Å². The fourth-order valence-electron chi connectivity index (χ4n) is 2.96. The van der Waals surface area contributed by atoms with Crippen molar-refractivity contribution in [2.45, 2.75) is 51.5 Å². The van der Waals surface area contributed by atoms with E-state index in [0.717, 1.165) is 18.6 Å². The highest BCUT2D eigenvalue weighted by Gasteiger charge is 2.49. The van der Waals surface area contributed by atoms with Crippen LogP contribution in [0.25, 0.3) is 0 Å². The molecule has 1 atom stereocenters. The molecule has 1 saturated heterocycles. The molecule has 0 bridgehead atoms. The molecule has 2 rings (SSSR count). The fraction of sp³-hybridized carbons (Fsp3) is 0.846. The van der Waals surface area contributed by atoms with Gasteiger partial charge in [-0.25, -0.2) is 4.79 Å². The Kier molecular flexibility index (Phi) is 3.63. The first-order valence-electron chi connectivity index (χ1n) is 6.71. The summed E-state index contributed by atoms with van der Waals surface area (Å²) >= 11 is 4.43. The van der Waals surface area contributed by atoms with Crippen LogP contribution in [0.15, 0.2) is 0 Å². The molecular weight excluding hydrogens is 248 g/mol. The number of thiol groups is 1. The molecule has 1 heterocycles. The molecule has 0 aromatic carbocycles. The second-order valence-corrected chi connectivity index (χ2v) is 6.19. The van der Waals surface area contributed by atoms with Crippen molar-refractivity contribution in [1.82, 2.24) is 10.2 Å². The molecule has 0 spiro atoms. The quantitative estimate of drug-likeness (QED) is 0.608. The molecule has 2 fully saturated rings. The third kappa shape index (κ3) is 2.13. The molecule has 18 heavy (non-hydrogen) atoms. The Labute approximate surface area is 114 Å². The lowest BCUT2D eigenvalue weighted by atomic mass is 9.87. The van der Waals surface area contributed by atoms with E-state index in [1.54, 1.807) is 6.92 Å². The zero-order valence-electron chi connectivity index (χ0n) is 11.2. The van der Waals surface area contributed by atoms with Crippen molar-refractivity contribution in [2.24, 2.45) is 5.41 Å². The van der Waals surface area contributed by atoms with Gasteiger partial charge in [-0.05, 0) is 37.4 Å². The summed E-state index contributed by atoms with van der Waals surface area (Å²) in [6, 6.07) is -0.239. The highest BCUT2D eigenvalue weighted by Crippen LogP contribution is 2.40. The van der Waals surface area contributed by atoms with E-state index in [4.69, 9.17) is 0 Å². The predicted octanol–water partition coefficient (Wildman–Crippen LogP) is 2.20. The lowest BCUT2D eigenvalue weighted by Gasteiger charge is -2.31. The van der Waals surface area contributed by atoms with Crippen molar-refractivity contribution in [3.05, 3.63) is 0 Å². The Morgan fingerprint density at radius 2 is 1.94 bits per heavy atom. The van der Waals surface area contributed by atoms with Crippen LogP contribution in [0.3, 0.4) is 0 Å². The number of amides is 3. The minimum absolute atomic E-state index is 0.0368. The molecule has 3 amide bonds. The van der Waals surface area contributed by atoms with E-state index in [-0.39, 0.29) is 17.4 Å². The maximum absolute atomic E-state index is 12.3. The Balaban J connectivity index is 2.14. The Hall–Kier alpha value is -0.710. The van der Waals surface area contributed by atoms with Gasteiger partial charge in [0.25, 0.3) is 5.91 Å². The molecule has 1 saturated carbocycles. The number of hydrogen-bond acceptors (Lipinski definition) is 3. The van der Waals surface area contributed by atoms with Gasteiger partial charge < -0.3 is 5.32 Å². The summed E-state index contributed by atoms with van der Waals surface area (Å²) in [4.78, 5) is 25.7. The van der Waals surface area contributed by atoms with Crippen molar-refractivity contribution in [1.29, 1.82) is 0 Å². The third-order valence-corrected chi connectivity index (χ3v) is 5.22. The van der Waals surface area contributed by atoms with E-state index >= 15 is 0 Å². The second-order valence-electron chi connectivity index (χ2n) is 5.87. The standard InChI is InChI=1S/C13H22N2O2S/c1-3-12(2)10(16)15(11(17)14-12)8-13(9-18)6-4-5-7-13/h18H,3-9H2,1-2H3,(H,14,17). The number of rotatable bonds is 4. The van der Waals surface area contributed by atoms with Gasteiger partial charge in [0.15, 0.2) is 0 Å². The van der Waals surface area contributed by atoms with Gasteiger partial charge in [-0.3, -0.25) is 9.69 Å². The first-order valence-corrected chi connectivity index (χ1v) is 7.35. The molecule has 2 aliphatic rings. The number of nitrogens with zero attached hydrogens (tertiary/aromatic N) is 1. The Bertz CT molecular complexity index is 366. The molecule has 0 aromatic rings. The van der Waals surface area contributed by atoms with E-state index in [1.165, 1.54) is 17.7 Å². The van der Waals surface area contributed by atoms with Crippen LogP contribution in [0, 0.1) is 5.41 Å². The minimum Gasteiger partial charge on any atom is -0.323 e. The smallest absolute Gasteiger partial charge is 0.323 e. The molecule has 1 aliphatic heterocycles. The normalized spacial score (nSPS) is 30.9. The molecule has 102 valence electrons. The maximum atomic E-state index is 12.3. The van der Waals surface area contributed by atoms with E-state index in [1.807, 2.05) is 6.92 Å². The van der Waals surface area contributed by atoms with E-state index in [2.05, 4.69) is 17.9 Å². The van der Waals surface area contributed by atoms with E-state index in [0.29, 0.717) is 13.0 Å². The molecule has 1 N–H and O–H groups in total. The van der Waals surface area contributed by atoms with Crippen molar-refractivity contribution in [3.8, 4) is 0 Å². The Morgan fingerprint density at radius 3 is 2.39 bits per heavy atom. The van der Waals surface area contributed by atoms with Crippen molar-refractivity contribution >= 4 is 24.6 Å². The first kappa shape index (κ1) is 13.7. The van der Waals surface area contributed by atoms with Crippen molar-refractivity contribution in [2.75, 3.05) is 12.3 Å². The van der Waals surface area contributed by atoms with Crippen LogP contribution in [-0.4, -0.2) is 34.7 Å². The third-order valence-electron chi connectivity index (χ3n) is 4.55. The minimum atomic E-state index is -0.715. The lowest BCUT2D eigenvalue weighted by Crippen LogP contribution is -2.45. The highest BCUT2D eigenvalue weighted by atomic mass is 32.1. The fourth-order valence-corrected chi connectivity index (χ4v) is 3.37.